The van der Waals surface area contributed by atoms with E-state index < -0.39 is 52.1 Å². The lowest BCUT2D eigenvalue weighted by molar-refractivity contribution is -0.157. The molecule has 1 fully saturated rings. The molecule has 0 radical (unpaired) electrons. The van der Waals surface area contributed by atoms with E-state index in [-0.39, 0.29) is 6.42 Å². The molecular weight excluding hydrogens is 514 g/mol. The highest BCUT2D eigenvalue weighted by atomic mass is 28.4. The number of carboxylic acid groups (broad SMARTS) is 1. The first kappa shape index (κ1) is 33.9. The van der Waals surface area contributed by atoms with Crippen LogP contribution in [0.25, 0.3) is 0 Å². The fraction of sp³-hybridized carbons (Fsp3) is 0.840. The van der Waals surface area contributed by atoms with Crippen molar-refractivity contribution in [3.63, 3.8) is 0 Å². The number of carbonyl (C=O) groups is 2. The Labute approximate surface area is 225 Å². The van der Waals surface area contributed by atoms with E-state index >= 15 is 0 Å². The zero-order chi connectivity index (χ0) is 28.3. The largest absolute Gasteiger partial charge is 0.524 e. The van der Waals surface area contributed by atoms with Gasteiger partial charge in [0.15, 0.2) is 5.41 Å². The van der Waals surface area contributed by atoms with Gasteiger partial charge in [-0.05, 0) is 60.8 Å². The Bertz CT molecular complexity index is 673. The lowest BCUT2D eigenvalue weighted by atomic mass is 10.0. The van der Waals surface area contributed by atoms with Gasteiger partial charge in [0.05, 0.1) is 0 Å². The van der Waals surface area contributed by atoms with Crippen molar-refractivity contribution in [2.75, 3.05) is 39.6 Å². The molecule has 0 saturated heterocycles. The molecule has 0 bridgehead atoms. The van der Waals surface area contributed by atoms with E-state index in [0.29, 0.717) is 52.5 Å². The van der Waals surface area contributed by atoms with Gasteiger partial charge in [-0.15, -0.1) is 6.58 Å². The van der Waals surface area contributed by atoms with Gasteiger partial charge in [-0.3, -0.25) is 9.59 Å². The molecule has 216 valence electrons. The van der Waals surface area contributed by atoms with Gasteiger partial charge < -0.3 is 36.6 Å². The molecule has 4 unspecified atom stereocenters. The maximum Gasteiger partial charge on any atom is 0.524 e. The first-order valence-electron chi connectivity index (χ1n) is 13.7. The zero-order valence-electron chi connectivity index (χ0n) is 24.0. The number of nitrogens with zero attached hydrogens (tertiary/aromatic N) is 1. The normalized spacial score (nSPS) is 21.4. The van der Waals surface area contributed by atoms with Crippen molar-refractivity contribution in [3.8, 4) is 0 Å². The van der Waals surface area contributed by atoms with Crippen LogP contribution in [0.2, 0.25) is 0 Å². The van der Waals surface area contributed by atoms with Gasteiger partial charge in [-0.1, -0.05) is 19.9 Å². The highest BCUT2D eigenvalue weighted by Gasteiger charge is 2.70. The minimum Gasteiger partial charge on any atom is -0.480 e. The van der Waals surface area contributed by atoms with Gasteiger partial charge >= 0.3 is 23.6 Å². The lowest BCUT2D eigenvalue weighted by Gasteiger charge is -2.48. The first-order chi connectivity index (χ1) is 17.6. The smallest absolute Gasteiger partial charge is 0.480 e. The third-order valence-corrected chi connectivity index (χ3v) is 13.8. The summed E-state index contributed by atoms with van der Waals surface area (Å²) in [5.41, 5.74) is -2.99. The van der Waals surface area contributed by atoms with E-state index in [9.17, 15) is 14.7 Å². The van der Waals surface area contributed by atoms with Crippen molar-refractivity contribution in [1.82, 2.24) is 4.90 Å². The molecule has 0 aromatic rings. The highest BCUT2D eigenvalue weighted by molar-refractivity contribution is 6.65. The summed E-state index contributed by atoms with van der Waals surface area (Å²) in [4.78, 5) is 28.8. The number of carboxylic acids is 1. The molecule has 37 heavy (non-hydrogen) atoms. The first-order valence-corrected chi connectivity index (χ1v) is 17.3. The van der Waals surface area contributed by atoms with Crippen LogP contribution in [0.5, 0.6) is 0 Å². The second kappa shape index (κ2) is 15.5. The predicted octanol–water partition coefficient (Wildman–Crippen LogP) is 3.82. The summed E-state index contributed by atoms with van der Waals surface area (Å²) in [5, 5.41) is 10.3. The van der Waals surface area contributed by atoms with Crippen molar-refractivity contribution in [2.24, 2.45) is 11.3 Å². The molecule has 1 rings (SSSR count). The van der Waals surface area contributed by atoms with Crippen LogP contribution in [0.3, 0.4) is 0 Å². The molecule has 0 heterocycles. The van der Waals surface area contributed by atoms with Crippen molar-refractivity contribution in [1.29, 1.82) is 0 Å². The van der Waals surface area contributed by atoms with E-state index in [1.54, 1.807) is 11.0 Å². The number of carbonyl (C=O) groups excluding carboxylic acids is 1. The molecule has 1 aliphatic carbocycles. The predicted molar refractivity (Wildman–Crippen MR) is 145 cm³/mol. The lowest BCUT2D eigenvalue weighted by Crippen LogP contribution is -2.73. The van der Waals surface area contributed by atoms with Gasteiger partial charge in [0, 0.05) is 45.6 Å². The average Bonchev–Trinajstić information content (AvgIpc) is 3.61. The molecule has 1 N–H and O–H groups in total. The number of hydrogen-bond acceptors (Lipinski definition) is 8. The molecule has 0 aliphatic heterocycles. The molecule has 4 atom stereocenters. The van der Waals surface area contributed by atoms with Crippen LogP contribution in [0.4, 0.5) is 0 Å². The molecule has 0 aromatic heterocycles. The topological polar surface area (TPSA) is 113 Å². The molecule has 12 heteroatoms. The van der Waals surface area contributed by atoms with Gasteiger partial charge in [-0.2, -0.15) is 0 Å². The summed E-state index contributed by atoms with van der Waals surface area (Å²) in [6.07, 6.45) is 2.55. The molecule has 1 amide bonds. The zero-order valence-corrected chi connectivity index (χ0v) is 26.0. The Morgan fingerprint density at radius 3 is 1.32 bits per heavy atom. The third kappa shape index (κ3) is 6.91. The SMILES string of the molecule is C=CC1CC1(C(=O)O)C(=O)N(C(CC)[Si](OCC)(OCC)OCC)C(CC)[Si](OCC)(OCC)OCC. The fourth-order valence-corrected chi connectivity index (χ4v) is 11.6. The number of allylic oxidation sites excluding steroid dienone is 1. The van der Waals surface area contributed by atoms with Gasteiger partial charge in [-0.25, -0.2) is 0 Å². The van der Waals surface area contributed by atoms with Crippen molar-refractivity contribution in [3.05, 3.63) is 12.7 Å². The van der Waals surface area contributed by atoms with Crippen LogP contribution >= 0.6 is 0 Å². The highest BCUT2D eigenvalue weighted by Crippen LogP contribution is 2.56. The van der Waals surface area contributed by atoms with Crippen LogP contribution in [0, 0.1) is 11.3 Å². The van der Waals surface area contributed by atoms with Gasteiger partial charge in [0.25, 0.3) is 0 Å². The van der Waals surface area contributed by atoms with Crippen LogP contribution in [-0.2, 0) is 36.1 Å². The fourth-order valence-electron chi connectivity index (χ4n) is 5.15. The van der Waals surface area contributed by atoms with Crippen molar-refractivity contribution in [2.45, 2.75) is 86.0 Å². The number of amides is 1. The van der Waals surface area contributed by atoms with Crippen LogP contribution < -0.4 is 0 Å². The molecule has 0 aromatic carbocycles. The minimum atomic E-state index is -3.55. The Morgan fingerprint density at radius 2 is 1.14 bits per heavy atom. The summed E-state index contributed by atoms with van der Waals surface area (Å²) >= 11 is 0. The van der Waals surface area contributed by atoms with E-state index in [0.717, 1.165) is 0 Å². The van der Waals surface area contributed by atoms with E-state index in [2.05, 4.69) is 6.58 Å². The van der Waals surface area contributed by atoms with Crippen LogP contribution in [0.15, 0.2) is 12.7 Å². The summed E-state index contributed by atoms with van der Waals surface area (Å²) in [6, 6.07) is 0. The molecule has 10 nitrogen and oxygen atoms in total. The second-order valence-electron chi connectivity index (χ2n) is 8.69. The van der Waals surface area contributed by atoms with Gasteiger partial charge in [0.1, 0.15) is 11.3 Å². The summed E-state index contributed by atoms with van der Waals surface area (Å²) in [5.74, 6) is -2.19. The Morgan fingerprint density at radius 1 is 0.811 bits per heavy atom. The maximum atomic E-state index is 14.6. The minimum absolute atomic E-state index is 0.174. The van der Waals surface area contributed by atoms with Crippen molar-refractivity contribution < 1.29 is 41.3 Å². The standard InChI is InChI=1S/C25H49NO9Si2/c1-10-20-19-25(20,24(28)29)23(27)26(21(11-2)36(30-13-4,31-14-5)32-15-6)22(12-3)37(33-16-7,34-17-8)35-18-9/h10,20-22H,1,11-19H2,2-9H3,(H,28,29). The molecule has 1 saturated carbocycles. The Kier molecular flexibility index (Phi) is 14.2. The number of rotatable bonds is 21. The summed E-state index contributed by atoms with van der Waals surface area (Å²) < 4.78 is 37.5. The molecule has 0 spiro atoms. The maximum absolute atomic E-state index is 14.6. The summed E-state index contributed by atoms with van der Waals surface area (Å²) in [6.45, 7) is 20.6. The van der Waals surface area contributed by atoms with Gasteiger partial charge in [0.2, 0.25) is 5.91 Å². The van der Waals surface area contributed by atoms with Crippen LogP contribution in [0.1, 0.15) is 74.7 Å². The Balaban J connectivity index is 3.99. The summed E-state index contributed by atoms with van der Waals surface area (Å²) in [7, 11) is -7.11. The monoisotopic (exact) mass is 563 g/mol. The third-order valence-electron chi connectivity index (χ3n) is 6.63. The van der Waals surface area contributed by atoms with Crippen LogP contribution in [-0.4, -0.2) is 90.5 Å². The van der Waals surface area contributed by atoms with E-state index in [4.69, 9.17) is 26.6 Å². The van der Waals surface area contributed by atoms with Crippen molar-refractivity contribution >= 4 is 29.5 Å². The number of hydrogen-bond donors (Lipinski definition) is 1. The molecular formula is C25H49NO9Si2. The average molecular weight is 564 g/mol. The molecule has 1 aliphatic rings. The number of aliphatic carboxylic acids is 1. The quantitative estimate of drug-likeness (QED) is 0.126. The second-order valence-corrected chi connectivity index (χ2v) is 14.2. The Hall–Kier alpha value is -1.13. The van der Waals surface area contributed by atoms with E-state index in [1.165, 1.54) is 0 Å². The van der Waals surface area contributed by atoms with E-state index in [1.807, 2.05) is 55.4 Å².